The van der Waals surface area contributed by atoms with Crippen molar-refractivity contribution in [3.05, 3.63) is 103 Å². The molecule has 2 heteroatoms. The Hall–Kier alpha value is -3.39. The van der Waals surface area contributed by atoms with E-state index in [-0.39, 0.29) is 5.82 Å². The Kier molecular flexibility index (Phi) is 4.24. The number of hydrogen-bond donors (Lipinski definition) is 1. The van der Waals surface area contributed by atoms with Crippen LogP contribution in [0.15, 0.2) is 97.1 Å². The van der Waals surface area contributed by atoms with E-state index >= 15 is 0 Å². The molecule has 0 aliphatic heterocycles. The molecule has 0 radical (unpaired) electrons. The average molecular weight is 339 g/mol. The van der Waals surface area contributed by atoms with E-state index < -0.39 is 0 Å². The van der Waals surface area contributed by atoms with Crippen LogP contribution in [0.3, 0.4) is 0 Å². The lowest BCUT2D eigenvalue weighted by Crippen LogP contribution is -1.96. The van der Waals surface area contributed by atoms with Crippen LogP contribution in [0.4, 0.5) is 10.1 Å². The van der Waals surface area contributed by atoms with E-state index in [4.69, 9.17) is 5.73 Å². The van der Waals surface area contributed by atoms with Gasteiger partial charge in [-0.1, -0.05) is 78.9 Å². The van der Waals surface area contributed by atoms with Crippen molar-refractivity contribution >= 4 is 5.69 Å². The highest BCUT2D eigenvalue weighted by Gasteiger charge is 2.15. The number of hydrogen-bond acceptors (Lipinski definition) is 1. The first-order valence-corrected chi connectivity index (χ1v) is 8.53. The molecule has 0 aromatic heterocycles. The maximum Gasteiger partial charge on any atom is 0.133 e. The first-order chi connectivity index (χ1) is 12.7. The summed E-state index contributed by atoms with van der Waals surface area (Å²) >= 11 is 0. The predicted octanol–water partition coefficient (Wildman–Crippen LogP) is 6.41. The number of benzene rings is 4. The van der Waals surface area contributed by atoms with Gasteiger partial charge in [0.1, 0.15) is 5.82 Å². The molecule has 26 heavy (non-hydrogen) atoms. The molecule has 0 fully saturated rings. The van der Waals surface area contributed by atoms with Crippen molar-refractivity contribution in [3.8, 4) is 33.4 Å². The molecule has 1 nitrogen and oxygen atoms in total. The van der Waals surface area contributed by atoms with E-state index in [2.05, 4.69) is 18.2 Å². The Bertz CT molecular complexity index is 1020. The van der Waals surface area contributed by atoms with Crippen molar-refractivity contribution in [2.45, 2.75) is 0 Å². The van der Waals surface area contributed by atoms with Crippen molar-refractivity contribution in [1.82, 2.24) is 0 Å². The Morgan fingerprint density at radius 2 is 1.19 bits per heavy atom. The van der Waals surface area contributed by atoms with Gasteiger partial charge in [-0.25, -0.2) is 4.39 Å². The van der Waals surface area contributed by atoms with Crippen LogP contribution in [0.2, 0.25) is 0 Å². The molecule has 0 atom stereocenters. The van der Waals surface area contributed by atoms with E-state index in [1.165, 1.54) is 6.07 Å². The van der Waals surface area contributed by atoms with Gasteiger partial charge in [0.05, 0.1) is 0 Å². The van der Waals surface area contributed by atoms with E-state index in [1.807, 2.05) is 60.7 Å². The number of rotatable bonds is 3. The van der Waals surface area contributed by atoms with Crippen molar-refractivity contribution < 1.29 is 4.39 Å². The van der Waals surface area contributed by atoms with Gasteiger partial charge in [0.25, 0.3) is 0 Å². The Balaban J connectivity index is 1.98. The molecule has 2 N–H and O–H groups in total. The van der Waals surface area contributed by atoms with Gasteiger partial charge in [-0.05, 0) is 46.0 Å². The van der Waals surface area contributed by atoms with Gasteiger partial charge in [0.2, 0.25) is 0 Å². The molecule has 0 spiro atoms. The van der Waals surface area contributed by atoms with Crippen molar-refractivity contribution in [3.63, 3.8) is 0 Å². The SMILES string of the molecule is Nc1cccc(F)c1-c1ccc(-c2ccccc2)cc1-c1ccccc1. The van der Waals surface area contributed by atoms with Crippen LogP contribution < -0.4 is 5.73 Å². The lowest BCUT2D eigenvalue weighted by Gasteiger charge is -2.15. The number of halogens is 1. The Labute approximate surface area is 152 Å². The summed E-state index contributed by atoms with van der Waals surface area (Å²) in [6, 6.07) is 31.1. The molecular weight excluding hydrogens is 321 g/mol. The molecule has 0 saturated heterocycles. The molecule has 0 amide bonds. The molecule has 126 valence electrons. The fraction of sp³-hybridized carbons (Fsp3) is 0. The summed E-state index contributed by atoms with van der Waals surface area (Å²) in [5.74, 6) is -0.311. The zero-order chi connectivity index (χ0) is 17.9. The summed E-state index contributed by atoms with van der Waals surface area (Å²) < 4.78 is 14.6. The Morgan fingerprint density at radius 3 is 1.85 bits per heavy atom. The molecule has 0 saturated carbocycles. The van der Waals surface area contributed by atoms with E-state index in [0.29, 0.717) is 11.3 Å². The van der Waals surface area contributed by atoms with Gasteiger partial charge in [0, 0.05) is 11.3 Å². The third kappa shape index (κ3) is 2.98. The maximum atomic E-state index is 14.6. The summed E-state index contributed by atoms with van der Waals surface area (Å²) in [4.78, 5) is 0. The normalized spacial score (nSPS) is 10.7. The van der Waals surface area contributed by atoms with Gasteiger partial charge in [-0.2, -0.15) is 0 Å². The smallest absolute Gasteiger partial charge is 0.133 e. The van der Waals surface area contributed by atoms with Gasteiger partial charge < -0.3 is 5.73 Å². The van der Waals surface area contributed by atoms with Gasteiger partial charge in [-0.3, -0.25) is 0 Å². The van der Waals surface area contributed by atoms with Gasteiger partial charge in [0.15, 0.2) is 0 Å². The first kappa shape index (κ1) is 16.1. The van der Waals surface area contributed by atoms with Crippen LogP contribution >= 0.6 is 0 Å². The van der Waals surface area contributed by atoms with Crippen molar-refractivity contribution in [2.75, 3.05) is 5.73 Å². The number of anilines is 1. The van der Waals surface area contributed by atoms with Crippen molar-refractivity contribution in [2.24, 2.45) is 0 Å². The summed E-state index contributed by atoms with van der Waals surface area (Å²) in [6.45, 7) is 0. The molecule has 0 aliphatic carbocycles. The van der Waals surface area contributed by atoms with Gasteiger partial charge >= 0.3 is 0 Å². The zero-order valence-electron chi connectivity index (χ0n) is 14.2. The highest BCUT2D eigenvalue weighted by atomic mass is 19.1. The second-order valence-corrected chi connectivity index (χ2v) is 6.20. The summed E-state index contributed by atoms with van der Waals surface area (Å²) in [5.41, 5.74) is 12.0. The third-order valence-electron chi connectivity index (χ3n) is 4.53. The van der Waals surface area contributed by atoms with Crippen LogP contribution in [0, 0.1) is 5.82 Å². The highest BCUT2D eigenvalue weighted by molar-refractivity contribution is 5.91. The summed E-state index contributed by atoms with van der Waals surface area (Å²) in [5, 5.41) is 0. The average Bonchev–Trinajstić information content (AvgIpc) is 2.69. The number of nitrogen functional groups attached to an aromatic ring is 1. The molecule has 0 unspecified atom stereocenters. The second-order valence-electron chi connectivity index (χ2n) is 6.20. The fourth-order valence-corrected chi connectivity index (χ4v) is 3.25. The number of nitrogens with two attached hydrogens (primary N) is 1. The standard InChI is InChI=1S/C24H18FN/c25-22-12-7-13-23(26)24(22)20-15-14-19(17-8-3-1-4-9-17)16-21(20)18-10-5-2-6-11-18/h1-16H,26H2. The quantitative estimate of drug-likeness (QED) is 0.429. The molecule has 0 aliphatic rings. The minimum absolute atomic E-state index is 0.311. The maximum absolute atomic E-state index is 14.6. The van der Waals surface area contributed by atoms with Crippen LogP contribution in [-0.2, 0) is 0 Å². The molecule has 4 aromatic carbocycles. The van der Waals surface area contributed by atoms with Crippen LogP contribution in [-0.4, -0.2) is 0 Å². The fourth-order valence-electron chi connectivity index (χ4n) is 3.25. The molecule has 4 rings (SSSR count). The highest BCUT2D eigenvalue weighted by Crippen LogP contribution is 2.39. The second kappa shape index (κ2) is 6.85. The minimum atomic E-state index is -0.311. The zero-order valence-corrected chi connectivity index (χ0v) is 14.2. The van der Waals surface area contributed by atoms with E-state index in [9.17, 15) is 4.39 Å². The summed E-state index contributed by atoms with van der Waals surface area (Å²) in [7, 11) is 0. The topological polar surface area (TPSA) is 26.0 Å². The van der Waals surface area contributed by atoms with Gasteiger partial charge in [-0.15, -0.1) is 0 Å². The lowest BCUT2D eigenvalue weighted by molar-refractivity contribution is 0.632. The lowest BCUT2D eigenvalue weighted by atomic mass is 9.90. The summed E-state index contributed by atoms with van der Waals surface area (Å²) in [6.07, 6.45) is 0. The van der Waals surface area contributed by atoms with Crippen molar-refractivity contribution in [1.29, 1.82) is 0 Å². The van der Waals surface area contributed by atoms with Crippen LogP contribution in [0.1, 0.15) is 0 Å². The molecule has 4 aromatic rings. The molecule has 0 bridgehead atoms. The predicted molar refractivity (Wildman–Crippen MR) is 107 cm³/mol. The van der Waals surface area contributed by atoms with Crippen LogP contribution in [0.5, 0.6) is 0 Å². The third-order valence-corrected chi connectivity index (χ3v) is 4.53. The largest absolute Gasteiger partial charge is 0.398 e. The Morgan fingerprint density at radius 1 is 0.538 bits per heavy atom. The van der Waals surface area contributed by atoms with E-state index in [1.54, 1.807) is 12.1 Å². The van der Waals surface area contributed by atoms with Crippen LogP contribution in [0.25, 0.3) is 33.4 Å². The molecular formula is C24H18FN. The monoisotopic (exact) mass is 339 g/mol. The van der Waals surface area contributed by atoms with E-state index in [0.717, 1.165) is 27.8 Å². The minimum Gasteiger partial charge on any atom is -0.398 e. The molecule has 0 heterocycles. The first-order valence-electron chi connectivity index (χ1n) is 8.53.